The molecule has 0 radical (unpaired) electrons. The summed E-state index contributed by atoms with van der Waals surface area (Å²) < 4.78 is 1.71. The fourth-order valence-electron chi connectivity index (χ4n) is 3.48. The normalized spacial score (nSPS) is 13.5. The number of aryl methyl sites for hydroxylation is 1. The van der Waals surface area contributed by atoms with Gasteiger partial charge in [-0.15, -0.1) is 0 Å². The van der Waals surface area contributed by atoms with Crippen molar-refractivity contribution in [1.29, 1.82) is 0 Å². The molecule has 132 valence electrons. The molecule has 1 aliphatic rings. The molecule has 1 amide bonds. The minimum Gasteiger partial charge on any atom is -0.334 e. The first-order chi connectivity index (χ1) is 12.6. The van der Waals surface area contributed by atoms with Crippen molar-refractivity contribution in [3.63, 3.8) is 0 Å². The third kappa shape index (κ3) is 3.13. The van der Waals surface area contributed by atoms with E-state index in [9.17, 15) is 4.79 Å². The van der Waals surface area contributed by atoms with Gasteiger partial charge in [-0.25, -0.2) is 4.68 Å². The molecule has 0 saturated heterocycles. The lowest BCUT2D eigenvalue weighted by Gasteiger charge is -2.28. The van der Waals surface area contributed by atoms with Crippen LogP contribution in [0.25, 0.3) is 0 Å². The van der Waals surface area contributed by atoms with Gasteiger partial charge in [0.15, 0.2) is 0 Å². The number of benzene rings is 2. The van der Waals surface area contributed by atoms with Gasteiger partial charge in [0.25, 0.3) is 5.91 Å². The van der Waals surface area contributed by atoms with Crippen molar-refractivity contribution >= 4 is 17.5 Å². The van der Waals surface area contributed by atoms with Gasteiger partial charge >= 0.3 is 0 Å². The van der Waals surface area contributed by atoms with E-state index in [1.54, 1.807) is 4.68 Å². The van der Waals surface area contributed by atoms with Crippen LogP contribution in [-0.4, -0.2) is 27.1 Å². The van der Waals surface area contributed by atoms with Crippen LogP contribution in [0.1, 0.15) is 32.7 Å². The van der Waals surface area contributed by atoms with E-state index in [2.05, 4.69) is 17.2 Å². The summed E-state index contributed by atoms with van der Waals surface area (Å²) in [5, 5.41) is 4.92. The van der Waals surface area contributed by atoms with E-state index >= 15 is 0 Å². The molecule has 1 aromatic heterocycles. The largest absolute Gasteiger partial charge is 0.334 e. The second-order valence-corrected chi connectivity index (χ2v) is 7.00. The van der Waals surface area contributed by atoms with Gasteiger partial charge in [0.1, 0.15) is 5.15 Å². The molecule has 4 rings (SSSR count). The molecule has 0 saturated carbocycles. The van der Waals surface area contributed by atoms with E-state index in [1.165, 1.54) is 11.1 Å². The van der Waals surface area contributed by atoms with Crippen LogP contribution < -0.4 is 0 Å². The van der Waals surface area contributed by atoms with Gasteiger partial charge < -0.3 is 4.90 Å². The molecule has 2 aromatic carbocycles. The van der Waals surface area contributed by atoms with E-state index in [4.69, 9.17) is 11.6 Å². The molecule has 0 aliphatic carbocycles. The Balaban J connectivity index is 1.59. The maximum atomic E-state index is 13.1. The lowest BCUT2D eigenvalue weighted by molar-refractivity contribution is 0.0734. The molecule has 0 spiro atoms. The summed E-state index contributed by atoms with van der Waals surface area (Å²) >= 11 is 6.55. The molecular formula is C21H20ClN3O. The minimum atomic E-state index is -0.0404. The van der Waals surface area contributed by atoms with Crippen molar-refractivity contribution in [1.82, 2.24) is 14.7 Å². The number of hydrogen-bond acceptors (Lipinski definition) is 2. The molecule has 0 atom stereocenters. The van der Waals surface area contributed by atoms with Gasteiger partial charge in [-0.3, -0.25) is 4.79 Å². The number of carbonyl (C=O) groups excluding carboxylic acids is 1. The molecule has 5 heteroatoms. The number of carbonyl (C=O) groups is 1. The molecule has 2 heterocycles. The number of fused-ring (bicyclic) bond motifs is 1. The highest BCUT2D eigenvalue weighted by atomic mass is 35.5. The predicted octanol–water partition coefficient (Wildman–Crippen LogP) is 4.09. The summed E-state index contributed by atoms with van der Waals surface area (Å²) in [7, 11) is 0. The van der Waals surface area contributed by atoms with Crippen LogP contribution in [0.3, 0.4) is 0 Å². The van der Waals surface area contributed by atoms with Gasteiger partial charge in [0.05, 0.1) is 17.8 Å². The van der Waals surface area contributed by atoms with E-state index in [-0.39, 0.29) is 5.91 Å². The second-order valence-electron chi connectivity index (χ2n) is 6.64. The molecule has 3 aromatic rings. The molecule has 4 nitrogen and oxygen atoms in total. The lowest BCUT2D eigenvalue weighted by Crippen LogP contribution is -2.36. The Hall–Kier alpha value is -2.59. The predicted molar refractivity (Wildman–Crippen MR) is 102 cm³/mol. The third-order valence-electron chi connectivity index (χ3n) is 4.87. The Morgan fingerprint density at radius 3 is 2.54 bits per heavy atom. The number of aromatic nitrogens is 2. The summed E-state index contributed by atoms with van der Waals surface area (Å²) in [6.07, 6.45) is 0.872. The summed E-state index contributed by atoms with van der Waals surface area (Å²) in [5.74, 6) is -0.0404. The maximum Gasteiger partial charge on any atom is 0.259 e. The maximum absolute atomic E-state index is 13.1. The fourth-order valence-corrected chi connectivity index (χ4v) is 3.80. The Kier molecular flexibility index (Phi) is 4.51. The summed E-state index contributed by atoms with van der Waals surface area (Å²) in [5.41, 5.74) is 4.82. The van der Waals surface area contributed by atoms with Crippen molar-refractivity contribution in [2.45, 2.75) is 26.4 Å². The summed E-state index contributed by atoms with van der Waals surface area (Å²) in [4.78, 5) is 15.0. The van der Waals surface area contributed by atoms with Crippen molar-refractivity contribution in [3.05, 3.63) is 87.7 Å². The Bertz CT molecular complexity index is 949. The second kappa shape index (κ2) is 6.96. The van der Waals surface area contributed by atoms with Gasteiger partial charge in [-0.2, -0.15) is 5.10 Å². The molecule has 0 N–H and O–H groups in total. The van der Waals surface area contributed by atoms with Crippen molar-refractivity contribution in [2.24, 2.45) is 0 Å². The standard InChI is InChI=1S/C21H20ClN3O/c1-15-19(20(22)25(23-15)13-16-7-3-2-4-8-16)21(26)24-12-11-17-9-5-6-10-18(17)14-24/h2-10H,11-14H2,1H3. The van der Waals surface area contributed by atoms with Crippen LogP contribution in [0.15, 0.2) is 54.6 Å². The minimum absolute atomic E-state index is 0.0404. The molecule has 1 aliphatic heterocycles. The number of halogens is 1. The first kappa shape index (κ1) is 16.9. The van der Waals surface area contributed by atoms with Gasteiger partial charge in [-0.05, 0) is 30.0 Å². The highest BCUT2D eigenvalue weighted by molar-refractivity contribution is 6.33. The van der Waals surface area contributed by atoms with Crippen molar-refractivity contribution < 1.29 is 4.79 Å². The number of rotatable bonds is 3. The molecular weight excluding hydrogens is 346 g/mol. The summed E-state index contributed by atoms with van der Waals surface area (Å²) in [6, 6.07) is 18.3. The van der Waals surface area contributed by atoms with Crippen LogP contribution in [0.4, 0.5) is 0 Å². The Morgan fingerprint density at radius 2 is 1.77 bits per heavy atom. The highest BCUT2D eigenvalue weighted by Crippen LogP contribution is 2.26. The van der Waals surface area contributed by atoms with Crippen molar-refractivity contribution in [2.75, 3.05) is 6.54 Å². The van der Waals surface area contributed by atoms with Gasteiger partial charge in [0.2, 0.25) is 0 Å². The third-order valence-corrected chi connectivity index (χ3v) is 5.26. The zero-order valence-corrected chi connectivity index (χ0v) is 15.4. The Labute approximate surface area is 158 Å². The Morgan fingerprint density at radius 1 is 1.08 bits per heavy atom. The molecule has 0 fully saturated rings. The molecule has 0 unspecified atom stereocenters. The first-order valence-corrected chi connectivity index (χ1v) is 9.14. The zero-order chi connectivity index (χ0) is 18.1. The topological polar surface area (TPSA) is 38.1 Å². The molecule has 26 heavy (non-hydrogen) atoms. The fraction of sp³-hybridized carbons (Fsp3) is 0.238. The lowest BCUT2D eigenvalue weighted by atomic mass is 9.99. The SMILES string of the molecule is Cc1nn(Cc2ccccc2)c(Cl)c1C(=O)N1CCc2ccccc2C1. The summed E-state index contributed by atoms with van der Waals surface area (Å²) in [6.45, 7) is 3.72. The van der Waals surface area contributed by atoms with E-state index in [0.717, 1.165) is 12.0 Å². The first-order valence-electron chi connectivity index (χ1n) is 8.76. The van der Waals surface area contributed by atoms with Crippen LogP contribution in [0.2, 0.25) is 5.15 Å². The molecule has 0 bridgehead atoms. The van der Waals surface area contributed by atoms with Gasteiger partial charge in [0, 0.05) is 13.1 Å². The van der Waals surface area contributed by atoms with Crippen LogP contribution in [0.5, 0.6) is 0 Å². The average Bonchev–Trinajstić information content (AvgIpc) is 2.95. The average molecular weight is 366 g/mol. The number of nitrogens with zero attached hydrogens (tertiary/aromatic N) is 3. The monoisotopic (exact) mass is 365 g/mol. The number of hydrogen-bond donors (Lipinski definition) is 0. The van der Waals surface area contributed by atoms with Crippen LogP contribution >= 0.6 is 11.6 Å². The zero-order valence-electron chi connectivity index (χ0n) is 14.7. The smallest absolute Gasteiger partial charge is 0.259 e. The van der Waals surface area contributed by atoms with Gasteiger partial charge in [-0.1, -0.05) is 66.2 Å². The quantitative estimate of drug-likeness (QED) is 0.701. The van der Waals surface area contributed by atoms with Crippen molar-refractivity contribution in [3.8, 4) is 0 Å². The highest BCUT2D eigenvalue weighted by Gasteiger charge is 2.27. The van der Waals surface area contributed by atoms with Crippen LogP contribution in [0, 0.1) is 6.92 Å². The van der Waals surface area contributed by atoms with Crippen LogP contribution in [-0.2, 0) is 19.5 Å². The van der Waals surface area contributed by atoms with E-state index in [0.29, 0.717) is 36.0 Å². The van der Waals surface area contributed by atoms with E-state index < -0.39 is 0 Å². The number of amides is 1. The van der Waals surface area contributed by atoms with E-state index in [1.807, 2.05) is 54.3 Å².